The minimum Gasteiger partial charge on any atom is -0.382 e. The zero-order chi connectivity index (χ0) is 41.1. The summed E-state index contributed by atoms with van der Waals surface area (Å²) in [5.74, 6) is -1.18. The molecule has 0 spiro atoms. The van der Waals surface area contributed by atoms with Crippen LogP contribution in [0.2, 0.25) is 0 Å². The maximum absolute atomic E-state index is 12.9. The van der Waals surface area contributed by atoms with Crippen molar-refractivity contribution in [2.24, 2.45) is 0 Å². The van der Waals surface area contributed by atoms with E-state index in [1.54, 1.807) is 0 Å². The molecule has 0 aromatic carbocycles. The molecular weight excluding hydrogens is 707 g/mol. The van der Waals surface area contributed by atoms with Crippen molar-refractivity contribution in [3.8, 4) is 0 Å². The van der Waals surface area contributed by atoms with Gasteiger partial charge in [0.2, 0.25) is 17.7 Å². The number of hydrogen-bond acceptors (Lipinski definition) is 8. The van der Waals surface area contributed by atoms with Gasteiger partial charge in [-0.05, 0) is 44.9 Å². The van der Waals surface area contributed by atoms with Crippen LogP contribution in [0.15, 0.2) is 0 Å². The SMILES string of the molecule is CCCCCCCCCCNC(=O)C(O)CNC1CCC(N(CC(O)C(=O)NCCCCCCCCCC)CC(O)C(=O)NCCCCCCCCCC)CC1. The number of hydrogen-bond donors (Lipinski definition) is 7. The largest absolute Gasteiger partial charge is 0.382 e. The Hall–Kier alpha value is -1.79. The van der Waals surface area contributed by atoms with Crippen LogP contribution in [-0.4, -0.2) is 108 Å². The number of carbonyl (C=O) groups is 3. The highest BCUT2D eigenvalue weighted by atomic mass is 16.3. The molecule has 0 bridgehead atoms. The number of aliphatic hydroxyl groups is 3. The van der Waals surface area contributed by atoms with Gasteiger partial charge in [-0.1, -0.05) is 156 Å². The molecule has 11 nitrogen and oxygen atoms in total. The predicted octanol–water partition coefficient (Wildman–Crippen LogP) is 7.04. The molecule has 11 heteroatoms. The third kappa shape index (κ3) is 27.8. The van der Waals surface area contributed by atoms with Gasteiger partial charge in [0.25, 0.3) is 0 Å². The van der Waals surface area contributed by atoms with Crippen LogP contribution in [0.3, 0.4) is 0 Å². The molecule has 0 radical (unpaired) electrons. The molecule has 1 fully saturated rings. The molecular formula is C45H89N5O6. The normalized spacial score (nSPS) is 17.4. The van der Waals surface area contributed by atoms with Crippen molar-refractivity contribution in [1.82, 2.24) is 26.2 Å². The highest BCUT2D eigenvalue weighted by Gasteiger charge is 2.32. The van der Waals surface area contributed by atoms with Gasteiger partial charge in [-0.2, -0.15) is 0 Å². The smallest absolute Gasteiger partial charge is 0.250 e. The van der Waals surface area contributed by atoms with E-state index in [4.69, 9.17) is 0 Å². The third-order valence-corrected chi connectivity index (χ3v) is 11.5. The third-order valence-electron chi connectivity index (χ3n) is 11.5. The summed E-state index contributed by atoms with van der Waals surface area (Å²) in [6.45, 7) is 8.53. The Bertz CT molecular complexity index is 908. The molecule has 1 rings (SSSR count). The summed E-state index contributed by atoms with van der Waals surface area (Å²) in [6, 6.07) is 0.0845. The first kappa shape index (κ1) is 52.2. The van der Waals surface area contributed by atoms with Gasteiger partial charge in [0.1, 0.15) is 18.3 Å². The van der Waals surface area contributed by atoms with Crippen LogP contribution in [0.5, 0.6) is 0 Å². The first-order valence-electron chi connectivity index (χ1n) is 23.6. The molecule has 7 N–H and O–H groups in total. The lowest BCUT2D eigenvalue weighted by Gasteiger charge is -2.38. The van der Waals surface area contributed by atoms with Crippen molar-refractivity contribution < 1.29 is 29.7 Å². The van der Waals surface area contributed by atoms with E-state index >= 15 is 0 Å². The van der Waals surface area contributed by atoms with E-state index in [2.05, 4.69) is 42.0 Å². The van der Waals surface area contributed by atoms with Crippen molar-refractivity contribution in [3.05, 3.63) is 0 Å². The lowest BCUT2D eigenvalue weighted by molar-refractivity contribution is -0.133. The molecule has 0 saturated heterocycles. The Balaban J connectivity index is 2.55. The minimum absolute atomic E-state index is 0.0294. The number of carbonyl (C=O) groups excluding carboxylic acids is 3. The van der Waals surface area contributed by atoms with E-state index in [1.165, 1.54) is 103 Å². The molecule has 3 atom stereocenters. The Morgan fingerprint density at radius 1 is 0.464 bits per heavy atom. The minimum atomic E-state index is -1.27. The lowest BCUT2D eigenvalue weighted by Crippen LogP contribution is -2.53. The standard InChI is InChI=1S/C45H89N5O6/c1-4-7-10-13-16-19-22-25-32-46-43(54)40(51)35-49-38-28-30-39(31-29-38)50(36-41(52)44(55)47-33-26-23-20-17-14-11-8-5-2)37-42(53)45(56)48-34-27-24-21-18-15-12-9-6-3/h38-42,49,51-53H,4-37H2,1-3H3,(H,46,54)(H,47,55)(H,48,56). The van der Waals surface area contributed by atoms with Gasteiger partial charge < -0.3 is 36.6 Å². The quantitative estimate of drug-likeness (QED) is 0.0328. The van der Waals surface area contributed by atoms with E-state index in [0.29, 0.717) is 19.6 Å². The maximum atomic E-state index is 12.9. The lowest BCUT2D eigenvalue weighted by atomic mass is 9.89. The first-order chi connectivity index (χ1) is 27.2. The number of unbranched alkanes of at least 4 members (excludes halogenated alkanes) is 21. The first-order valence-corrected chi connectivity index (χ1v) is 23.6. The number of nitrogens with one attached hydrogen (secondary N) is 4. The predicted molar refractivity (Wildman–Crippen MR) is 230 cm³/mol. The molecule has 0 aromatic heterocycles. The van der Waals surface area contributed by atoms with Crippen LogP contribution in [0.25, 0.3) is 0 Å². The molecule has 1 saturated carbocycles. The van der Waals surface area contributed by atoms with Crippen LogP contribution in [0.1, 0.15) is 201 Å². The number of rotatable bonds is 38. The van der Waals surface area contributed by atoms with Crippen molar-refractivity contribution in [2.45, 2.75) is 231 Å². The summed E-state index contributed by atoms with van der Waals surface area (Å²) < 4.78 is 0. The van der Waals surface area contributed by atoms with Crippen molar-refractivity contribution in [3.63, 3.8) is 0 Å². The number of aliphatic hydroxyl groups excluding tert-OH is 3. The van der Waals surface area contributed by atoms with Crippen LogP contribution < -0.4 is 21.3 Å². The summed E-state index contributed by atoms with van der Waals surface area (Å²) in [5, 5.41) is 44.4. The highest BCUT2D eigenvalue weighted by molar-refractivity contribution is 5.81. The zero-order valence-electron chi connectivity index (χ0n) is 36.4. The van der Waals surface area contributed by atoms with E-state index in [1.807, 2.05) is 4.90 Å². The summed E-state index contributed by atoms with van der Waals surface area (Å²) in [6.07, 6.45) is 27.6. The fourth-order valence-corrected chi connectivity index (χ4v) is 7.76. The monoisotopic (exact) mass is 796 g/mol. The molecule has 1 aliphatic rings. The van der Waals surface area contributed by atoms with Crippen LogP contribution in [0, 0.1) is 0 Å². The van der Waals surface area contributed by atoms with Gasteiger partial charge in [-0.25, -0.2) is 0 Å². The fourth-order valence-electron chi connectivity index (χ4n) is 7.76. The summed E-state index contributed by atoms with van der Waals surface area (Å²) in [5.41, 5.74) is 0. The van der Waals surface area contributed by atoms with Crippen molar-refractivity contribution in [2.75, 3.05) is 39.3 Å². The Labute approximate surface area is 343 Å². The second-order valence-electron chi connectivity index (χ2n) is 16.7. The topological polar surface area (TPSA) is 163 Å². The summed E-state index contributed by atoms with van der Waals surface area (Å²) in [4.78, 5) is 40.2. The Kier molecular flexibility index (Phi) is 33.9. The second-order valence-corrected chi connectivity index (χ2v) is 16.7. The molecule has 3 unspecified atom stereocenters. The molecule has 1 aliphatic carbocycles. The zero-order valence-corrected chi connectivity index (χ0v) is 36.4. The summed E-state index contributed by atoms with van der Waals surface area (Å²) in [7, 11) is 0. The molecule has 0 aromatic rings. The van der Waals surface area contributed by atoms with Gasteiger partial charge in [-0.3, -0.25) is 19.3 Å². The number of amides is 3. The molecule has 3 amide bonds. The van der Waals surface area contributed by atoms with Gasteiger partial charge in [0, 0.05) is 51.4 Å². The van der Waals surface area contributed by atoms with Crippen LogP contribution in [-0.2, 0) is 14.4 Å². The number of nitrogens with zero attached hydrogens (tertiary/aromatic N) is 1. The average molecular weight is 796 g/mol. The molecule has 0 aliphatic heterocycles. The van der Waals surface area contributed by atoms with E-state index in [0.717, 1.165) is 77.0 Å². The van der Waals surface area contributed by atoms with Crippen LogP contribution >= 0.6 is 0 Å². The Morgan fingerprint density at radius 2 is 0.768 bits per heavy atom. The second kappa shape index (κ2) is 36.3. The van der Waals surface area contributed by atoms with E-state index in [-0.39, 0.29) is 37.6 Å². The Morgan fingerprint density at radius 3 is 1.11 bits per heavy atom. The molecule has 0 heterocycles. The molecule has 330 valence electrons. The molecule has 56 heavy (non-hydrogen) atoms. The summed E-state index contributed by atoms with van der Waals surface area (Å²) >= 11 is 0. The average Bonchev–Trinajstić information content (AvgIpc) is 3.20. The van der Waals surface area contributed by atoms with Gasteiger partial charge >= 0.3 is 0 Å². The van der Waals surface area contributed by atoms with Gasteiger partial charge in [-0.15, -0.1) is 0 Å². The van der Waals surface area contributed by atoms with Gasteiger partial charge in [0.15, 0.2) is 0 Å². The van der Waals surface area contributed by atoms with Crippen molar-refractivity contribution in [1.29, 1.82) is 0 Å². The van der Waals surface area contributed by atoms with Crippen molar-refractivity contribution >= 4 is 17.7 Å². The fraction of sp³-hybridized carbons (Fsp3) is 0.933. The van der Waals surface area contributed by atoms with E-state index in [9.17, 15) is 29.7 Å². The highest BCUT2D eigenvalue weighted by Crippen LogP contribution is 2.24. The maximum Gasteiger partial charge on any atom is 0.250 e. The van der Waals surface area contributed by atoms with Crippen LogP contribution in [0.4, 0.5) is 0 Å². The van der Waals surface area contributed by atoms with E-state index < -0.39 is 30.1 Å². The van der Waals surface area contributed by atoms with Gasteiger partial charge in [0.05, 0.1) is 0 Å².